The minimum absolute atomic E-state index is 0.218. The number of aromatic nitrogens is 2. The number of hydrogen-bond donors (Lipinski definition) is 0. The van der Waals surface area contributed by atoms with E-state index in [0.717, 1.165) is 22.3 Å². The van der Waals surface area contributed by atoms with Gasteiger partial charge in [-0.1, -0.05) is 29.8 Å². The molecular formula is C14H16BrFN2. The molecule has 18 heavy (non-hydrogen) atoms. The molecule has 0 aliphatic rings. The summed E-state index contributed by atoms with van der Waals surface area (Å²) >= 11 is 3.31. The Kier molecular flexibility index (Phi) is 4.17. The van der Waals surface area contributed by atoms with Gasteiger partial charge in [-0.05, 0) is 29.7 Å². The molecule has 0 fully saturated rings. The Morgan fingerprint density at radius 3 is 2.78 bits per heavy atom. The van der Waals surface area contributed by atoms with Gasteiger partial charge in [0.1, 0.15) is 11.6 Å². The first-order chi connectivity index (χ1) is 8.54. The summed E-state index contributed by atoms with van der Waals surface area (Å²) in [5.74, 6) is 1.39. The van der Waals surface area contributed by atoms with E-state index in [2.05, 4.69) is 39.3 Å². The molecule has 2 rings (SSSR count). The van der Waals surface area contributed by atoms with Crippen molar-refractivity contribution < 1.29 is 4.39 Å². The maximum Gasteiger partial charge on any atom is 0.124 e. The molecule has 0 radical (unpaired) electrons. The number of nitrogens with zero attached hydrogens (tertiary/aromatic N) is 2. The normalized spacial score (nSPS) is 11.2. The lowest BCUT2D eigenvalue weighted by molar-refractivity contribution is 0.587. The maximum absolute atomic E-state index is 13.3. The van der Waals surface area contributed by atoms with Crippen LogP contribution in [0.5, 0.6) is 0 Å². The van der Waals surface area contributed by atoms with E-state index in [1.54, 1.807) is 12.3 Å². The Balaban J connectivity index is 2.20. The van der Waals surface area contributed by atoms with Crippen molar-refractivity contribution in [1.82, 2.24) is 9.55 Å². The zero-order valence-electron chi connectivity index (χ0n) is 10.5. The third-order valence-electron chi connectivity index (χ3n) is 2.67. The average Bonchev–Trinajstić information content (AvgIpc) is 2.63. The van der Waals surface area contributed by atoms with Crippen LogP contribution in [0.25, 0.3) is 0 Å². The predicted octanol–water partition coefficient (Wildman–Crippen LogP) is 4.03. The number of imidazole rings is 1. The zero-order valence-corrected chi connectivity index (χ0v) is 12.1. The van der Waals surface area contributed by atoms with Gasteiger partial charge in [0.25, 0.3) is 0 Å². The monoisotopic (exact) mass is 310 g/mol. The molecule has 2 aromatic rings. The van der Waals surface area contributed by atoms with E-state index in [1.807, 2.05) is 12.3 Å². The first kappa shape index (κ1) is 13.3. The smallest absolute Gasteiger partial charge is 0.124 e. The van der Waals surface area contributed by atoms with Crippen LogP contribution in [0.1, 0.15) is 25.2 Å². The van der Waals surface area contributed by atoms with E-state index in [9.17, 15) is 4.39 Å². The van der Waals surface area contributed by atoms with Crippen LogP contribution in [0.2, 0.25) is 0 Å². The van der Waals surface area contributed by atoms with Gasteiger partial charge in [-0.15, -0.1) is 0 Å². The Morgan fingerprint density at radius 2 is 2.11 bits per heavy atom. The van der Waals surface area contributed by atoms with Gasteiger partial charge in [0.2, 0.25) is 0 Å². The second kappa shape index (κ2) is 5.65. The van der Waals surface area contributed by atoms with Gasteiger partial charge >= 0.3 is 0 Å². The Morgan fingerprint density at radius 1 is 1.33 bits per heavy atom. The van der Waals surface area contributed by atoms with Crippen molar-refractivity contribution in [2.45, 2.75) is 26.8 Å². The third kappa shape index (κ3) is 3.42. The lowest BCUT2D eigenvalue weighted by atomic mass is 10.1. The molecule has 1 aromatic heterocycles. The summed E-state index contributed by atoms with van der Waals surface area (Å²) < 4.78 is 16.1. The van der Waals surface area contributed by atoms with Crippen molar-refractivity contribution in [2.75, 3.05) is 0 Å². The van der Waals surface area contributed by atoms with Crippen LogP contribution in [-0.4, -0.2) is 9.55 Å². The van der Waals surface area contributed by atoms with E-state index < -0.39 is 0 Å². The Hall–Kier alpha value is -1.16. The minimum Gasteiger partial charge on any atom is -0.331 e. The van der Waals surface area contributed by atoms with Gasteiger partial charge < -0.3 is 4.57 Å². The van der Waals surface area contributed by atoms with Crippen LogP contribution in [0.15, 0.2) is 35.1 Å². The van der Waals surface area contributed by atoms with Crippen molar-refractivity contribution in [1.29, 1.82) is 0 Å². The van der Waals surface area contributed by atoms with Crippen molar-refractivity contribution in [3.05, 3.63) is 52.3 Å². The summed E-state index contributed by atoms with van der Waals surface area (Å²) in [4.78, 5) is 4.35. The number of halogens is 2. The standard InChI is InChI=1S/C14H16BrFN2/c1-10(2)5-14-17-3-4-18(14)9-11-6-12(15)8-13(16)7-11/h3-4,6-8,10H,5,9H2,1-2H3. The Labute approximate surface area is 115 Å². The van der Waals surface area contributed by atoms with Crippen molar-refractivity contribution in [3.8, 4) is 0 Å². The second-order valence-electron chi connectivity index (χ2n) is 4.85. The fourth-order valence-electron chi connectivity index (χ4n) is 1.94. The van der Waals surface area contributed by atoms with Crippen LogP contribution < -0.4 is 0 Å². The van der Waals surface area contributed by atoms with Gasteiger partial charge in [-0.25, -0.2) is 9.37 Å². The van der Waals surface area contributed by atoms with Crippen molar-refractivity contribution in [2.24, 2.45) is 5.92 Å². The summed E-state index contributed by atoms with van der Waals surface area (Å²) in [6, 6.07) is 4.96. The number of rotatable bonds is 4. The van der Waals surface area contributed by atoms with E-state index in [4.69, 9.17) is 0 Å². The summed E-state index contributed by atoms with van der Waals surface area (Å²) in [7, 11) is 0. The predicted molar refractivity (Wildman–Crippen MR) is 74.0 cm³/mol. The number of hydrogen-bond acceptors (Lipinski definition) is 1. The summed E-state index contributed by atoms with van der Waals surface area (Å²) in [5, 5.41) is 0. The van der Waals surface area contributed by atoms with Crippen LogP contribution in [0.3, 0.4) is 0 Å². The summed E-state index contributed by atoms with van der Waals surface area (Å²) in [6.07, 6.45) is 4.67. The molecular weight excluding hydrogens is 295 g/mol. The van der Waals surface area contributed by atoms with Crippen LogP contribution in [-0.2, 0) is 13.0 Å². The molecule has 1 aromatic carbocycles. The van der Waals surface area contributed by atoms with E-state index in [0.29, 0.717) is 12.5 Å². The largest absolute Gasteiger partial charge is 0.331 e. The first-order valence-corrected chi connectivity index (χ1v) is 6.79. The highest BCUT2D eigenvalue weighted by atomic mass is 79.9. The van der Waals surface area contributed by atoms with E-state index in [-0.39, 0.29) is 5.82 Å². The molecule has 0 N–H and O–H groups in total. The van der Waals surface area contributed by atoms with E-state index in [1.165, 1.54) is 6.07 Å². The average molecular weight is 311 g/mol. The molecule has 0 aliphatic carbocycles. The Bertz CT molecular complexity index is 514. The van der Waals surface area contributed by atoms with Gasteiger partial charge in [0.05, 0.1) is 0 Å². The van der Waals surface area contributed by atoms with Crippen molar-refractivity contribution >= 4 is 15.9 Å². The van der Waals surface area contributed by atoms with Gasteiger partial charge in [-0.3, -0.25) is 0 Å². The lowest BCUT2D eigenvalue weighted by Crippen LogP contribution is -2.07. The highest BCUT2D eigenvalue weighted by Gasteiger charge is 2.07. The van der Waals surface area contributed by atoms with Crippen molar-refractivity contribution in [3.63, 3.8) is 0 Å². The lowest BCUT2D eigenvalue weighted by Gasteiger charge is -2.10. The van der Waals surface area contributed by atoms with Gasteiger partial charge in [0.15, 0.2) is 0 Å². The molecule has 0 spiro atoms. The van der Waals surface area contributed by atoms with Crippen LogP contribution in [0.4, 0.5) is 4.39 Å². The molecule has 4 heteroatoms. The molecule has 96 valence electrons. The van der Waals surface area contributed by atoms with Crippen LogP contribution in [0, 0.1) is 11.7 Å². The molecule has 0 saturated heterocycles. The summed E-state index contributed by atoms with van der Waals surface area (Å²) in [5.41, 5.74) is 0.935. The molecule has 0 saturated carbocycles. The molecule has 0 aliphatic heterocycles. The molecule has 1 heterocycles. The van der Waals surface area contributed by atoms with Gasteiger partial charge in [-0.2, -0.15) is 0 Å². The quantitative estimate of drug-likeness (QED) is 0.833. The van der Waals surface area contributed by atoms with E-state index >= 15 is 0 Å². The fraction of sp³-hybridized carbons (Fsp3) is 0.357. The first-order valence-electron chi connectivity index (χ1n) is 5.99. The molecule has 0 unspecified atom stereocenters. The molecule has 0 atom stereocenters. The third-order valence-corrected chi connectivity index (χ3v) is 3.13. The minimum atomic E-state index is -0.218. The fourth-order valence-corrected chi connectivity index (χ4v) is 2.45. The SMILES string of the molecule is CC(C)Cc1nccn1Cc1cc(F)cc(Br)c1. The molecule has 0 bridgehead atoms. The second-order valence-corrected chi connectivity index (χ2v) is 5.76. The zero-order chi connectivity index (χ0) is 13.1. The topological polar surface area (TPSA) is 17.8 Å². The van der Waals surface area contributed by atoms with Gasteiger partial charge in [0, 0.05) is 29.8 Å². The highest BCUT2D eigenvalue weighted by Crippen LogP contribution is 2.17. The molecule has 2 nitrogen and oxygen atoms in total. The highest BCUT2D eigenvalue weighted by molar-refractivity contribution is 9.10. The number of benzene rings is 1. The maximum atomic E-state index is 13.3. The summed E-state index contributed by atoms with van der Waals surface area (Å²) in [6.45, 7) is 4.98. The van der Waals surface area contributed by atoms with Crippen LogP contribution >= 0.6 is 15.9 Å². The molecule has 0 amide bonds.